The van der Waals surface area contributed by atoms with Crippen molar-refractivity contribution in [1.29, 1.82) is 0 Å². The summed E-state index contributed by atoms with van der Waals surface area (Å²) in [5.74, 6) is -0.664. The standard InChI is InChI=1S/C15H18N4OS/c1-19-12(7-8-18-19)10-17-15(20)13(14(16)21)9-11-5-3-2-4-6-11/h2-8,13H,9-10H2,1H3,(H2,16,21)(H,17,20). The molecule has 5 nitrogen and oxygen atoms in total. The molecule has 1 heterocycles. The highest BCUT2D eigenvalue weighted by Crippen LogP contribution is 2.10. The molecular weight excluding hydrogens is 284 g/mol. The number of thiocarbonyl (C=S) groups is 1. The van der Waals surface area contributed by atoms with Crippen molar-refractivity contribution in [2.45, 2.75) is 13.0 Å². The van der Waals surface area contributed by atoms with Gasteiger partial charge in [-0.1, -0.05) is 42.5 Å². The first-order valence-corrected chi connectivity index (χ1v) is 7.06. The Bertz CT molecular complexity index is 624. The molecule has 0 spiro atoms. The summed E-state index contributed by atoms with van der Waals surface area (Å²) in [4.78, 5) is 12.5. The second-order valence-corrected chi connectivity index (χ2v) is 5.28. The topological polar surface area (TPSA) is 72.9 Å². The Morgan fingerprint density at radius 2 is 2.10 bits per heavy atom. The molecule has 0 saturated carbocycles. The van der Waals surface area contributed by atoms with Crippen molar-refractivity contribution < 1.29 is 4.79 Å². The predicted octanol–water partition coefficient (Wildman–Crippen LogP) is 1.18. The number of nitrogens with two attached hydrogens (primary N) is 1. The van der Waals surface area contributed by atoms with Gasteiger partial charge in [-0.3, -0.25) is 9.48 Å². The summed E-state index contributed by atoms with van der Waals surface area (Å²) in [6.45, 7) is 0.406. The summed E-state index contributed by atoms with van der Waals surface area (Å²) in [6.07, 6.45) is 2.20. The van der Waals surface area contributed by atoms with Crippen LogP contribution >= 0.6 is 12.2 Å². The highest BCUT2D eigenvalue weighted by Gasteiger charge is 2.21. The van der Waals surface area contributed by atoms with Crippen LogP contribution in [0.1, 0.15) is 11.3 Å². The molecule has 1 atom stereocenters. The van der Waals surface area contributed by atoms with Gasteiger partial charge in [-0.2, -0.15) is 5.10 Å². The van der Waals surface area contributed by atoms with Crippen LogP contribution in [-0.4, -0.2) is 20.7 Å². The molecule has 1 amide bonds. The van der Waals surface area contributed by atoms with Gasteiger partial charge in [0.25, 0.3) is 0 Å². The third kappa shape index (κ3) is 4.13. The van der Waals surface area contributed by atoms with Gasteiger partial charge in [0.05, 0.1) is 23.1 Å². The summed E-state index contributed by atoms with van der Waals surface area (Å²) >= 11 is 5.03. The van der Waals surface area contributed by atoms with E-state index in [1.165, 1.54) is 0 Å². The first-order valence-electron chi connectivity index (χ1n) is 6.65. The Balaban J connectivity index is 1.99. The van der Waals surface area contributed by atoms with Crippen LogP contribution in [0, 0.1) is 5.92 Å². The molecule has 1 aromatic heterocycles. The molecule has 0 radical (unpaired) electrons. The summed E-state index contributed by atoms with van der Waals surface area (Å²) in [7, 11) is 1.83. The van der Waals surface area contributed by atoms with E-state index < -0.39 is 5.92 Å². The minimum absolute atomic E-state index is 0.160. The van der Waals surface area contributed by atoms with Crippen LogP contribution < -0.4 is 11.1 Å². The molecule has 6 heteroatoms. The number of rotatable bonds is 6. The van der Waals surface area contributed by atoms with Gasteiger partial charge < -0.3 is 11.1 Å². The lowest BCUT2D eigenvalue weighted by molar-refractivity contribution is -0.123. The average Bonchev–Trinajstić information content (AvgIpc) is 2.88. The van der Waals surface area contributed by atoms with Gasteiger partial charge in [0.15, 0.2) is 0 Å². The fourth-order valence-electron chi connectivity index (χ4n) is 2.05. The van der Waals surface area contributed by atoms with Gasteiger partial charge in [0, 0.05) is 13.2 Å². The van der Waals surface area contributed by atoms with Crippen molar-refractivity contribution in [3.8, 4) is 0 Å². The van der Waals surface area contributed by atoms with Crippen LogP contribution in [0.25, 0.3) is 0 Å². The van der Waals surface area contributed by atoms with Gasteiger partial charge in [-0.05, 0) is 18.1 Å². The van der Waals surface area contributed by atoms with Crippen molar-refractivity contribution in [1.82, 2.24) is 15.1 Å². The van der Waals surface area contributed by atoms with Crippen LogP contribution in [0.4, 0.5) is 0 Å². The Hall–Kier alpha value is -2.21. The molecule has 0 aliphatic carbocycles. The second kappa shape index (κ2) is 6.99. The van der Waals surface area contributed by atoms with Gasteiger partial charge >= 0.3 is 0 Å². The van der Waals surface area contributed by atoms with Crippen molar-refractivity contribution in [3.63, 3.8) is 0 Å². The fourth-order valence-corrected chi connectivity index (χ4v) is 2.24. The fraction of sp³-hybridized carbons (Fsp3) is 0.267. The molecule has 0 bridgehead atoms. The van der Waals surface area contributed by atoms with Crippen molar-refractivity contribution in [2.24, 2.45) is 18.7 Å². The van der Waals surface area contributed by atoms with E-state index in [9.17, 15) is 4.79 Å². The lowest BCUT2D eigenvalue weighted by atomic mass is 9.98. The summed E-state index contributed by atoms with van der Waals surface area (Å²) in [5, 5.41) is 6.92. The number of carbonyl (C=O) groups is 1. The normalized spacial score (nSPS) is 11.9. The molecule has 2 rings (SSSR count). The number of aromatic nitrogens is 2. The zero-order chi connectivity index (χ0) is 15.2. The highest BCUT2D eigenvalue weighted by molar-refractivity contribution is 7.80. The Kier molecular flexibility index (Phi) is 5.05. The molecule has 3 N–H and O–H groups in total. The van der Waals surface area contributed by atoms with Crippen LogP contribution in [-0.2, 0) is 24.8 Å². The van der Waals surface area contributed by atoms with Crippen LogP contribution in [0.2, 0.25) is 0 Å². The number of carbonyl (C=O) groups excluding carboxylic acids is 1. The van der Waals surface area contributed by atoms with Gasteiger partial charge in [0.1, 0.15) is 0 Å². The van der Waals surface area contributed by atoms with Gasteiger partial charge in [0.2, 0.25) is 5.91 Å². The van der Waals surface area contributed by atoms with E-state index in [0.717, 1.165) is 11.3 Å². The Labute approximate surface area is 129 Å². The van der Waals surface area contributed by atoms with Crippen molar-refractivity contribution >= 4 is 23.1 Å². The number of nitrogens with one attached hydrogen (secondary N) is 1. The number of hydrogen-bond acceptors (Lipinski definition) is 3. The molecule has 110 valence electrons. The summed E-state index contributed by atoms with van der Waals surface area (Å²) < 4.78 is 1.72. The molecule has 1 aromatic carbocycles. The Morgan fingerprint density at radius 1 is 1.38 bits per heavy atom. The zero-order valence-electron chi connectivity index (χ0n) is 11.8. The maximum Gasteiger partial charge on any atom is 0.230 e. The van der Waals surface area contributed by atoms with Crippen LogP contribution in [0.3, 0.4) is 0 Å². The number of benzene rings is 1. The van der Waals surface area contributed by atoms with E-state index in [1.54, 1.807) is 10.9 Å². The molecule has 2 aromatic rings. The van der Waals surface area contributed by atoms with Crippen molar-refractivity contribution in [2.75, 3.05) is 0 Å². The van der Waals surface area contributed by atoms with Crippen LogP contribution in [0.15, 0.2) is 42.6 Å². The van der Waals surface area contributed by atoms with Gasteiger partial charge in [-0.25, -0.2) is 0 Å². The number of amides is 1. The van der Waals surface area contributed by atoms with E-state index in [1.807, 2.05) is 43.4 Å². The van der Waals surface area contributed by atoms with Crippen LogP contribution in [0.5, 0.6) is 0 Å². The summed E-state index contributed by atoms with van der Waals surface area (Å²) in [5.41, 5.74) is 7.67. The quantitative estimate of drug-likeness (QED) is 0.786. The molecular formula is C15H18N4OS. The number of nitrogens with zero attached hydrogens (tertiary/aromatic N) is 2. The first-order chi connectivity index (χ1) is 10.1. The lowest BCUT2D eigenvalue weighted by Gasteiger charge is -2.15. The van der Waals surface area contributed by atoms with Gasteiger partial charge in [-0.15, -0.1) is 0 Å². The average molecular weight is 302 g/mol. The maximum atomic E-state index is 12.3. The first kappa shape index (κ1) is 15.2. The maximum absolute atomic E-state index is 12.3. The van der Waals surface area contributed by atoms with E-state index in [0.29, 0.717) is 13.0 Å². The highest BCUT2D eigenvalue weighted by atomic mass is 32.1. The van der Waals surface area contributed by atoms with E-state index >= 15 is 0 Å². The SMILES string of the molecule is Cn1nccc1CNC(=O)C(Cc1ccccc1)C(N)=S. The minimum atomic E-state index is -0.504. The smallest absolute Gasteiger partial charge is 0.230 e. The second-order valence-electron chi connectivity index (χ2n) is 4.81. The third-order valence-electron chi connectivity index (χ3n) is 3.31. The number of aryl methyl sites for hydroxylation is 1. The zero-order valence-corrected chi connectivity index (χ0v) is 12.6. The minimum Gasteiger partial charge on any atom is -0.393 e. The predicted molar refractivity (Wildman–Crippen MR) is 85.5 cm³/mol. The Morgan fingerprint density at radius 3 is 2.67 bits per heavy atom. The monoisotopic (exact) mass is 302 g/mol. The molecule has 0 fully saturated rings. The van der Waals surface area contributed by atoms with E-state index in [2.05, 4.69) is 10.4 Å². The molecule has 0 aliphatic rings. The molecule has 21 heavy (non-hydrogen) atoms. The lowest BCUT2D eigenvalue weighted by Crippen LogP contribution is -2.39. The van der Waals surface area contributed by atoms with E-state index in [-0.39, 0.29) is 10.9 Å². The molecule has 0 saturated heterocycles. The third-order valence-corrected chi connectivity index (χ3v) is 3.59. The summed E-state index contributed by atoms with van der Waals surface area (Å²) in [6, 6.07) is 11.6. The molecule has 0 aliphatic heterocycles. The molecule has 1 unspecified atom stereocenters. The largest absolute Gasteiger partial charge is 0.393 e. The number of hydrogen-bond donors (Lipinski definition) is 2. The van der Waals surface area contributed by atoms with E-state index in [4.69, 9.17) is 18.0 Å². The van der Waals surface area contributed by atoms with Crippen molar-refractivity contribution in [3.05, 3.63) is 53.9 Å².